The van der Waals surface area contributed by atoms with Crippen LogP contribution in [0.3, 0.4) is 0 Å². The van der Waals surface area contributed by atoms with Crippen LogP contribution >= 0.6 is 0 Å². The fourth-order valence-electron chi connectivity index (χ4n) is 4.32. The summed E-state index contributed by atoms with van der Waals surface area (Å²) in [7, 11) is 0. The molecule has 0 bridgehead atoms. The van der Waals surface area contributed by atoms with Gasteiger partial charge in [0.25, 0.3) is 0 Å². The normalized spacial score (nSPS) is 23.2. The third kappa shape index (κ3) is 3.03. The lowest BCUT2D eigenvalue weighted by atomic mass is 9.78. The maximum absolute atomic E-state index is 12.6. The zero-order valence-corrected chi connectivity index (χ0v) is 14.2. The van der Waals surface area contributed by atoms with Gasteiger partial charge >= 0.3 is 5.97 Å². The van der Waals surface area contributed by atoms with Gasteiger partial charge in [0, 0.05) is 23.1 Å². The Bertz CT molecular complexity index is 822. The Balaban J connectivity index is 1.57. The average Bonchev–Trinajstić information content (AvgIpc) is 2.99. The van der Waals surface area contributed by atoms with E-state index in [0.717, 1.165) is 54.5 Å². The fourth-order valence-corrected chi connectivity index (χ4v) is 4.32. The largest absolute Gasteiger partial charge is 0.481 e. The van der Waals surface area contributed by atoms with E-state index < -0.39 is 17.8 Å². The van der Waals surface area contributed by atoms with Crippen molar-refractivity contribution < 1.29 is 19.1 Å². The van der Waals surface area contributed by atoms with Gasteiger partial charge in [-0.15, -0.1) is 0 Å². The van der Waals surface area contributed by atoms with E-state index in [0.29, 0.717) is 12.8 Å². The summed E-state index contributed by atoms with van der Waals surface area (Å²) in [6, 6.07) is 5.71. The number of amides is 1. The highest BCUT2D eigenvalue weighted by Gasteiger charge is 2.35. The molecule has 2 N–H and O–H groups in total. The van der Waals surface area contributed by atoms with Gasteiger partial charge in [-0.3, -0.25) is 9.59 Å². The summed E-state index contributed by atoms with van der Waals surface area (Å²) < 4.78 is 5.92. The third-order valence-electron chi connectivity index (χ3n) is 5.64. The van der Waals surface area contributed by atoms with Crippen molar-refractivity contribution >= 4 is 28.5 Å². The molecule has 4 rings (SSSR count). The van der Waals surface area contributed by atoms with Gasteiger partial charge in [0.2, 0.25) is 5.91 Å². The van der Waals surface area contributed by atoms with Gasteiger partial charge in [-0.05, 0) is 50.3 Å². The molecule has 1 heterocycles. The molecule has 2 atom stereocenters. The Labute approximate surface area is 146 Å². The SMILES string of the molecule is O=C(O)C1CCCCC1C(=O)Nc1ccc2oc3c(c2c1)CCCC3. The number of hydrogen-bond acceptors (Lipinski definition) is 3. The molecule has 1 amide bonds. The molecular weight excluding hydrogens is 318 g/mol. The van der Waals surface area contributed by atoms with E-state index in [1.165, 1.54) is 12.0 Å². The van der Waals surface area contributed by atoms with Crippen LogP contribution < -0.4 is 5.32 Å². The van der Waals surface area contributed by atoms with Gasteiger partial charge in [-0.2, -0.15) is 0 Å². The maximum atomic E-state index is 12.6. The molecule has 2 aliphatic rings. The fraction of sp³-hybridized carbons (Fsp3) is 0.500. The molecule has 2 aromatic rings. The minimum Gasteiger partial charge on any atom is -0.481 e. The van der Waals surface area contributed by atoms with E-state index in [4.69, 9.17) is 4.42 Å². The van der Waals surface area contributed by atoms with E-state index >= 15 is 0 Å². The number of rotatable bonds is 3. The number of carboxylic acids is 1. The second-order valence-corrected chi connectivity index (χ2v) is 7.25. The number of carbonyl (C=O) groups excluding carboxylic acids is 1. The highest BCUT2D eigenvalue weighted by Crippen LogP contribution is 2.35. The standard InChI is InChI=1S/C20H23NO4/c22-19(14-6-1-2-7-15(14)20(23)24)21-12-9-10-18-16(11-12)13-5-3-4-8-17(13)25-18/h9-11,14-15H,1-8H2,(H,21,22)(H,23,24). The molecule has 0 spiro atoms. The molecule has 0 aliphatic heterocycles. The van der Waals surface area contributed by atoms with Gasteiger partial charge in [0.05, 0.1) is 11.8 Å². The van der Waals surface area contributed by atoms with Crippen molar-refractivity contribution in [3.05, 3.63) is 29.5 Å². The molecule has 132 valence electrons. The van der Waals surface area contributed by atoms with Crippen LogP contribution in [0.4, 0.5) is 5.69 Å². The van der Waals surface area contributed by atoms with Crippen molar-refractivity contribution in [3.63, 3.8) is 0 Å². The van der Waals surface area contributed by atoms with Crippen molar-refractivity contribution in [1.29, 1.82) is 0 Å². The molecule has 5 heteroatoms. The van der Waals surface area contributed by atoms with E-state index in [1.807, 2.05) is 18.2 Å². The van der Waals surface area contributed by atoms with Crippen molar-refractivity contribution in [2.45, 2.75) is 51.4 Å². The highest BCUT2D eigenvalue weighted by molar-refractivity contribution is 5.97. The lowest BCUT2D eigenvalue weighted by molar-refractivity contribution is -0.147. The summed E-state index contributed by atoms with van der Waals surface area (Å²) in [6.45, 7) is 0. The van der Waals surface area contributed by atoms with Crippen LogP contribution in [-0.4, -0.2) is 17.0 Å². The Morgan fingerprint density at radius 3 is 2.60 bits per heavy atom. The molecule has 1 aromatic heterocycles. The lowest BCUT2D eigenvalue weighted by Gasteiger charge is -2.27. The average molecular weight is 341 g/mol. The predicted molar refractivity (Wildman–Crippen MR) is 94.6 cm³/mol. The second-order valence-electron chi connectivity index (χ2n) is 7.25. The van der Waals surface area contributed by atoms with Gasteiger partial charge in [0.1, 0.15) is 11.3 Å². The maximum Gasteiger partial charge on any atom is 0.307 e. The molecule has 0 saturated heterocycles. The molecule has 5 nitrogen and oxygen atoms in total. The number of aryl methyl sites for hydroxylation is 2. The van der Waals surface area contributed by atoms with Crippen LogP contribution in [0, 0.1) is 11.8 Å². The molecule has 2 unspecified atom stereocenters. The Kier molecular flexibility index (Phi) is 4.24. The van der Waals surface area contributed by atoms with E-state index in [-0.39, 0.29) is 5.91 Å². The number of fused-ring (bicyclic) bond motifs is 3. The Morgan fingerprint density at radius 2 is 1.80 bits per heavy atom. The third-order valence-corrected chi connectivity index (χ3v) is 5.64. The van der Waals surface area contributed by atoms with Crippen molar-refractivity contribution in [2.75, 3.05) is 5.32 Å². The number of furan rings is 1. The van der Waals surface area contributed by atoms with Crippen LogP contribution in [0.25, 0.3) is 11.0 Å². The number of anilines is 1. The van der Waals surface area contributed by atoms with Gasteiger partial charge in [0.15, 0.2) is 0 Å². The van der Waals surface area contributed by atoms with Crippen LogP contribution in [-0.2, 0) is 22.4 Å². The van der Waals surface area contributed by atoms with Crippen LogP contribution in [0.15, 0.2) is 22.6 Å². The number of carbonyl (C=O) groups is 2. The van der Waals surface area contributed by atoms with Crippen LogP contribution in [0.1, 0.15) is 49.8 Å². The zero-order chi connectivity index (χ0) is 17.4. The number of benzene rings is 1. The van der Waals surface area contributed by atoms with Crippen molar-refractivity contribution in [1.82, 2.24) is 0 Å². The molecular formula is C20H23NO4. The van der Waals surface area contributed by atoms with Crippen LogP contribution in [0.2, 0.25) is 0 Å². The first-order valence-electron chi connectivity index (χ1n) is 9.21. The van der Waals surface area contributed by atoms with Gasteiger partial charge < -0.3 is 14.8 Å². The molecule has 0 radical (unpaired) electrons. The Morgan fingerprint density at radius 1 is 1.04 bits per heavy atom. The molecule has 2 aliphatic carbocycles. The monoisotopic (exact) mass is 341 g/mol. The summed E-state index contributed by atoms with van der Waals surface area (Å²) in [6.07, 6.45) is 7.35. The molecule has 1 saturated carbocycles. The number of nitrogens with one attached hydrogen (secondary N) is 1. The summed E-state index contributed by atoms with van der Waals surface area (Å²) in [5, 5.41) is 13.4. The van der Waals surface area contributed by atoms with Crippen molar-refractivity contribution in [2.24, 2.45) is 11.8 Å². The number of aliphatic carboxylic acids is 1. The van der Waals surface area contributed by atoms with E-state index in [9.17, 15) is 14.7 Å². The minimum absolute atomic E-state index is 0.177. The summed E-state index contributed by atoms with van der Waals surface area (Å²) in [5.74, 6) is -0.981. The van der Waals surface area contributed by atoms with E-state index in [2.05, 4.69) is 5.32 Å². The summed E-state index contributed by atoms with van der Waals surface area (Å²) in [4.78, 5) is 24.1. The van der Waals surface area contributed by atoms with Gasteiger partial charge in [-0.1, -0.05) is 12.8 Å². The highest BCUT2D eigenvalue weighted by atomic mass is 16.4. The predicted octanol–water partition coefficient (Wildman–Crippen LogP) is 4.14. The topological polar surface area (TPSA) is 79.5 Å². The minimum atomic E-state index is -0.862. The van der Waals surface area contributed by atoms with Crippen LogP contribution in [0.5, 0.6) is 0 Å². The zero-order valence-electron chi connectivity index (χ0n) is 14.2. The number of carboxylic acid groups (broad SMARTS) is 1. The second kappa shape index (κ2) is 6.54. The number of hydrogen-bond donors (Lipinski definition) is 2. The smallest absolute Gasteiger partial charge is 0.307 e. The van der Waals surface area contributed by atoms with Gasteiger partial charge in [-0.25, -0.2) is 0 Å². The quantitative estimate of drug-likeness (QED) is 0.879. The summed E-state index contributed by atoms with van der Waals surface area (Å²) >= 11 is 0. The lowest BCUT2D eigenvalue weighted by Crippen LogP contribution is -2.36. The van der Waals surface area contributed by atoms with E-state index in [1.54, 1.807) is 0 Å². The first kappa shape index (κ1) is 16.2. The summed E-state index contributed by atoms with van der Waals surface area (Å²) in [5.41, 5.74) is 2.85. The molecule has 1 aromatic carbocycles. The first-order valence-corrected chi connectivity index (χ1v) is 9.21. The Hall–Kier alpha value is -2.30. The first-order chi connectivity index (χ1) is 12.1. The van der Waals surface area contributed by atoms with Crippen molar-refractivity contribution in [3.8, 4) is 0 Å². The molecule has 1 fully saturated rings. The molecule has 25 heavy (non-hydrogen) atoms.